The van der Waals surface area contributed by atoms with Crippen LogP contribution in [0.3, 0.4) is 0 Å². The maximum atomic E-state index is 12.9. The molecule has 0 unspecified atom stereocenters. The number of ether oxygens (including phenoxy) is 2. The van der Waals surface area contributed by atoms with Crippen molar-refractivity contribution in [2.75, 3.05) is 23.3 Å². The van der Waals surface area contributed by atoms with Gasteiger partial charge < -0.3 is 14.8 Å². The summed E-state index contributed by atoms with van der Waals surface area (Å²) < 4.78 is 38.9. The highest BCUT2D eigenvalue weighted by molar-refractivity contribution is 7.92. The molecule has 0 fully saturated rings. The lowest BCUT2D eigenvalue weighted by Gasteiger charge is -2.19. The summed E-state index contributed by atoms with van der Waals surface area (Å²) in [5.74, 6) is 0.587. The van der Waals surface area contributed by atoms with E-state index in [0.29, 0.717) is 30.4 Å². The van der Waals surface area contributed by atoms with Crippen molar-refractivity contribution in [2.24, 2.45) is 0 Å². The highest BCUT2D eigenvalue weighted by atomic mass is 35.5. The number of halogens is 2. The molecule has 1 amide bonds. The number of rotatable bonds is 5. The van der Waals surface area contributed by atoms with Gasteiger partial charge in [-0.25, -0.2) is 13.4 Å². The van der Waals surface area contributed by atoms with Gasteiger partial charge in [-0.15, -0.1) is 0 Å². The van der Waals surface area contributed by atoms with E-state index in [4.69, 9.17) is 32.7 Å². The molecule has 0 atom stereocenters. The second-order valence-electron chi connectivity index (χ2n) is 6.39. The molecule has 0 saturated heterocycles. The van der Waals surface area contributed by atoms with Crippen LogP contribution in [-0.2, 0) is 10.0 Å². The molecule has 31 heavy (non-hydrogen) atoms. The monoisotopic (exact) mass is 479 g/mol. The van der Waals surface area contributed by atoms with E-state index in [1.54, 1.807) is 30.3 Å². The minimum Gasteiger partial charge on any atom is -0.486 e. The van der Waals surface area contributed by atoms with Crippen LogP contribution in [0.25, 0.3) is 0 Å². The number of carbonyl (C=O) groups is 1. The molecule has 2 heterocycles. The third-order valence-corrected chi connectivity index (χ3v) is 6.29. The van der Waals surface area contributed by atoms with Gasteiger partial charge in [0.05, 0.1) is 11.3 Å². The molecule has 1 aliphatic rings. The highest BCUT2D eigenvalue weighted by Gasteiger charge is 2.22. The minimum absolute atomic E-state index is 0.0585. The van der Waals surface area contributed by atoms with E-state index in [0.717, 1.165) is 0 Å². The Labute approximate surface area is 188 Å². The zero-order valence-electron chi connectivity index (χ0n) is 15.8. The van der Waals surface area contributed by atoms with E-state index in [1.807, 2.05) is 0 Å². The van der Waals surface area contributed by atoms with Crippen LogP contribution in [0.1, 0.15) is 10.4 Å². The second kappa shape index (κ2) is 8.62. The number of benzene rings is 2. The highest BCUT2D eigenvalue weighted by Crippen LogP contribution is 2.33. The number of para-hydroxylation sites is 1. The molecule has 2 aromatic carbocycles. The van der Waals surface area contributed by atoms with Crippen molar-refractivity contribution in [3.05, 3.63) is 70.5 Å². The largest absolute Gasteiger partial charge is 0.486 e. The smallest absolute Gasteiger partial charge is 0.264 e. The van der Waals surface area contributed by atoms with Crippen LogP contribution in [0.2, 0.25) is 10.3 Å². The first-order valence-electron chi connectivity index (χ1n) is 8.98. The Kier molecular flexibility index (Phi) is 5.90. The van der Waals surface area contributed by atoms with Crippen molar-refractivity contribution in [3.8, 4) is 11.5 Å². The summed E-state index contributed by atoms with van der Waals surface area (Å²) in [5.41, 5.74) is 0.652. The Bertz CT molecular complexity index is 1270. The van der Waals surface area contributed by atoms with Gasteiger partial charge in [-0.2, -0.15) is 0 Å². The van der Waals surface area contributed by atoms with Crippen molar-refractivity contribution in [3.63, 3.8) is 0 Å². The fourth-order valence-electron chi connectivity index (χ4n) is 2.89. The number of amides is 1. The van der Waals surface area contributed by atoms with Crippen LogP contribution < -0.4 is 19.5 Å². The standard InChI is InChI=1S/C20H15Cl2N3O5S/c21-18-8-7-17(19(22)24-18)31(27,28)25-14-4-2-1-3-13(14)20(26)23-12-5-6-15-16(11-12)30-10-9-29-15/h1-8,11,25H,9-10H2,(H,23,26). The van der Waals surface area contributed by atoms with Gasteiger partial charge in [-0.05, 0) is 36.4 Å². The lowest BCUT2D eigenvalue weighted by molar-refractivity contribution is 0.102. The van der Waals surface area contributed by atoms with E-state index in [2.05, 4.69) is 15.0 Å². The number of pyridine rings is 1. The Morgan fingerprint density at radius 2 is 1.71 bits per heavy atom. The average molecular weight is 480 g/mol. The number of anilines is 2. The summed E-state index contributed by atoms with van der Waals surface area (Å²) in [7, 11) is -4.12. The Hall–Kier alpha value is -3.01. The van der Waals surface area contributed by atoms with Crippen molar-refractivity contribution in [1.82, 2.24) is 4.98 Å². The van der Waals surface area contributed by atoms with Crippen LogP contribution in [0.4, 0.5) is 11.4 Å². The number of fused-ring (bicyclic) bond motifs is 1. The first-order chi connectivity index (χ1) is 14.8. The van der Waals surface area contributed by atoms with E-state index >= 15 is 0 Å². The number of nitrogens with zero attached hydrogens (tertiary/aromatic N) is 1. The van der Waals surface area contributed by atoms with Crippen molar-refractivity contribution in [2.45, 2.75) is 4.90 Å². The quantitative estimate of drug-likeness (QED) is 0.530. The van der Waals surface area contributed by atoms with Gasteiger partial charge in [-0.1, -0.05) is 35.3 Å². The summed E-state index contributed by atoms with van der Waals surface area (Å²) in [6, 6.07) is 13.7. The number of nitrogens with one attached hydrogen (secondary N) is 2. The topological polar surface area (TPSA) is 107 Å². The maximum Gasteiger partial charge on any atom is 0.264 e. The zero-order chi connectivity index (χ0) is 22.0. The first-order valence-corrected chi connectivity index (χ1v) is 11.2. The Morgan fingerprint density at radius 3 is 2.48 bits per heavy atom. The number of hydrogen-bond donors (Lipinski definition) is 2. The van der Waals surface area contributed by atoms with E-state index < -0.39 is 15.9 Å². The molecule has 2 N–H and O–H groups in total. The van der Waals surface area contributed by atoms with Gasteiger partial charge in [-0.3, -0.25) is 9.52 Å². The van der Waals surface area contributed by atoms with E-state index in [-0.39, 0.29) is 26.5 Å². The third-order valence-electron chi connectivity index (χ3n) is 4.29. The van der Waals surface area contributed by atoms with E-state index in [9.17, 15) is 13.2 Å². The molecule has 3 aromatic rings. The molecule has 0 aliphatic carbocycles. The molecule has 8 nitrogen and oxygen atoms in total. The number of aromatic nitrogens is 1. The first kappa shape index (κ1) is 21.2. The molecule has 0 radical (unpaired) electrons. The summed E-state index contributed by atoms with van der Waals surface area (Å²) in [5, 5.41) is 2.51. The molecule has 0 spiro atoms. The van der Waals surface area contributed by atoms with E-state index in [1.165, 1.54) is 24.3 Å². The molecule has 0 saturated carbocycles. The van der Waals surface area contributed by atoms with Crippen LogP contribution in [0.15, 0.2) is 59.5 Å². The Morgan fingerprint density at radius 1 is 0.968 bits per heavy atom. The lowest BCUT2D eigenvalue weighted by atomic mass is 10.1. The molecule has 0 bridgehead atoms. The molecular formula is C20H15Cl2N3O5S. The van der Waals surface area contributed by atoms with Crippen molar-refractivity contribution < 1.29 is 22.7 Å². The second-order valence-corrected chi connectivity index (χ2v) is 8.78. The summed E-state index contributed by atoms with van der Waals surface area (Å²) in [4.78, 5) is 16.3. The van der Waals surface area contributed by atoms with Crippen molar-refractivity contribution in [1.29, 1.82) is 0 Å². The van der Waals surface area contributed by atoms with Gasteiger partial charge in [0.2, 0.25) is 0 Å². The summed E-state index contributed by atoms with van der Waals surface area (Å²) in [6.45, 7) is 0.872. The lowest BCUT2D eigenvalue weighted by Crippen LogP contribution is -2.19. The third kappa shape index (κ3) is 4.68. The summed E-state index contributed by atoms with van der Waals surface area (Å²) in [6.07, 6.45) is 0. The zero-order valence-corrected chi connectivity index (χ0v) is 18.1. The molecule has 1 aliphatic heterocycles. The molecule has 160 valence electrons. The maximum absolute atomic E-state index is 12.9. The van der Waals surface area contributed by atoms with Crippen LogP contribution in [0.5, 0.6) is 11.5 Å². The normalized spacial score (nSPS) is 12.8. The fraction of sp³-hybridized carbons (Fsp3) is 0.100. The van der Waals surface area contributed by atoms with Gasteiger partial charge in [0.1, 0.15) is 23.3 Å². The van der Waals surface area contributed by atoms with Gasteiger partial charge in [0, 0.05) is 11.8 Å². The number of carbonyl (C=O) groups excluding carboxylic acids is 1. The number of sulfonamides is 1. The molecular weight excluding hydrogens is 465 g/mol. The number of hydrogen-bond acceptors (Lipinski definition) is 6. The van der Waals surface area contributed by atoms with Crippen molar-refractivity contribution >= 4 is 50.5 Å². The van der Waals surface area contributed by atoms with Gasteiger partial charge in [0.25, 0.3) is 15.9 Å². The Balaban J connectivity index is 1.59. The predicted octanol–water partition coefficient (Wildman–Crippen LogP) is 4.21. The molecule has 1 aromatic heterocycles. The summed E-state index contributed by atoms with van der Waals surface area (Å²) >= 11 is 11.7. The van der Waals surface area contributed by atoms with Crippen LogP contribution >= 0.6 is 23.2 Å². The van der Waals surface area contributed by atoms with Gasteiger partial charge >= 0.3 is 0 Å². The average Bonchev–Trinajstić information content (AvgIpc) is 2.73. The predicted molar refractivity (Wildman–Crippen MR) is 117 cm³/mol. The van der Waals surface area contributed by atoms with Crippen LogP contribution in [-0.4, -0.2) is 32.5 Å². The molecule has 4 rings (SSSR count). The molecule has 11 heteroatoms. The SMILES string of the molecule is O=C(Nc1ccc2c(c1)OCCO2)c1ccccc1NS(=O)(=O)c1ccc(Cl)nc1Cl. The van der Waals surface area contributed by atoms with Gasteiger partial charge in [0.15, 0.2) is 16.7 Å². The van der Waals surface area contributed by atoms with Crippen LogP contribution in [0, 0.1) is 0 Å². The fourth-order valence-corrected chi connectivity index (χ4v) is 4.63. The minimum atomic E-state index is -4.12.